The fourth-order valence-corrected chi connectivity index (χ4v) is 1.77. The topological polar surface area (TPSA) is 71.2 Å². The molecule has 1 aromatic heterocycles. The predicted octanol–water partition coefficient (Wildman–Crippen LogP) is 3.13. The number of para-hydroxylation sites is 1. The van der Waals surface area contributed by atoms with Gasteiger partial charge in [-0.2, -0.15) is 0 Å². The standard InChI is InChI=1S/C14H11ClF2N2O3/c1-7(22-14(21)11-5-8(15)6-18-11)13(20)19-12-9(16)3-2-4-10(12)17/h2-7,18H,1H3,(H,19,20). The second-order valence-corrected chi connectivity index (χ2v) is 4.80. The molecular weight excluding hydrogens is 318 g/mol. The van der Waals surface area contributed by atoms with Crippen molar-refractivity contribution in [3.63, 3.8) is 0 Å². The van der Waals surface area contributed by atoms with Gasteiger partial charge in [0.1, 0.15) is 23.0 Å². The Hall–Kier alpha value is -2.41. The quantitative estimate of drug-likeness (QED) is 0.847. The average Bonchev–Trinajstić information content (AvgIpc) is 2.89. The van der Waals surface area contributed by atoms with E-state index in [0.29, 0.717) is 5.02 Å². The van der Waals surface area contributed by atoms with E-state index in [9.17, 15) is 18.4 Å². The monoisotopic (exact) mass is 328 g/mol. The van der Waals surface area contributed by atoms with Crippen molar-refractivity contribution in [3.05, 3.63) is 52.8 Å². The third-order valence-corrected chi connectivity index (χ3v) is 2.95. The summed E-state index contributed by atoms with van der Waals surface area (Å²) in [7, 11) is 0. The van der Waals surface area contributed by atoms with Crippen molar-refractivity contribution in [2.45, 2.75) is 13.0 Å². The van der Waals surface area contributed by atoms with Gasteiger partial charge in [-0.1, -0.05) is 17.7 Å². The van der Waals surface area contributed by atoms with Crippen molar-refractivity contribution in [2.75, 3.05) is 5.32 Å². The molecule has 0 bridgehead atoms. The minimum atomic E-state index is -1.26. The first kappa shape index (κ1) is 16.0. The number of carbonyl (C=O) groups excluding carboxylic acids is 2. The van der Waals surface area contributed by atoms with Crippen molar-refractivity contribution in [1.82, 2.24) is 4.98 Å². The lowest BCUT2D eigenvalue weighted by Gasteiger charge is -2.13. The number of amides is 1. The van der Waals surface area contributed by atoms with Gasteiger partial charge in [0.25, 0.3) is 5.91 Å². The van der Waals surface area contributed by atoms with Crippen molar-refractivity contribution in [1.29, 1.82) is 0 Å². The second-order valence-electron chi connectivity index (χ2n) is 4.37. The third kappa shape index (κ3) is 3.62. The third-order valence-electron chi connectivity index (χ3n) is 2.73. The Morgan fingerprint density at radius 1 is 1.32 bits per heavy atom. The van der Waals surface area contributed by atoms with Crippen LogP contribution >= 0.6 is 11.6 Å². The number of hydrogen-bond acceptors (Lipinski definition) is 3. The summed E-state index contributed by atoms with van der Waals surface area (Å²) in [6.07, 6.45) is 0.117. The lowest BCUT2D eigenvalue weighted by Crippen LogP contribution is -2.30. The number of H-pyrrole nitrogens is 1. The summed E-state index contributed by atoms with van der Waals surface area (Å²) in [6.45, 7) is 1.27. The summed E-state index contributed by atoms with van der Waals surface area (Å²) in [5.41, 5.74) is -0.542. The molecule has 8 heteroatoms. The fraction of sp³-hybridized carbons (Fsp3) is 0.143. The summed E-state index contributed by atoms with van der Waals surface area (Å²) in [6, 6.07) is 4.48. The van der Waals surface area contributed by atoms with Gasteiger partial charge in [0.15, 0.2) is 6.10 Å². The van der Waals surface area contributed by atoms with Gasteiger partial charge in [-0.25, -0.2) is 13.6 Å². The molecule has 0 aliphatic carbocycles. The molecule has 0 spiro atoms. The lowest BCUT2D eigenvalue weighted by atomic mass is 10.2. The first-order valence-electron chi connectivity index (χ1n) is 6.18. The normalized spacial score (nSPS) is 11.8. The number of nitrogens with one attached hydrogen (secondary N) is 2. The second kappa shape index (κ2) is 6.57. The van der Waals surface area contributed by atoms with Gasteiger partial charge in [-0.3, -0.25) is 4.79 Å². The van der Waals surface area contributed by atoms with Gasteiger partial charge in [0.05, 0.1) is 5.02 Å². The Balaban J connectivity index is 2.02. The van der Waals surface area contributed by atoms with Crippen LogP contribution in [0.1, 0.15) is 17.4 Å². The predicted molar refractivity (Wildman–Crippen MR) is 75.7 cm³/mol. The number of anilines is 1. The molecular formula is C14H11ClF2N2O3. The van der Waals surface area contributed by atoms with E-state index in [1.165, 1.54) is 25.3 Å². The molecule has 1 amide bonds. The maximum Gasteiger partial charge on any atom is 0.355 e. The first-order valence-corrected chi connectivity index (χ1v) is 6.56. The summed E-state index contributed by atoms with van der Waals surface area (Å²) in [5.74, 6) is -3.54. The van der Waals surface area contributed by atoms with Gasteiger partial charge in [-0.05, 0) is 25.1 Å². The minimum Gasteiger partial charge on any atom is -0.448 e. The van der Waals surface area contributed by atoms with Crippen LogP contribution in [0.4, 0.5) is 14.5 Å². The minimum absolute atomic E-state index is 0.0572. The Morgan fingerprint density at radius 2 is 1.95 bits per heavy atom. The molecule has 2 rings (SSSR count). The number of halogens is 3. The number of aromatic amines is 1. The highest BCUT2D eigenvalue weighted by atomic mass is 35.5. The lowest BCUT2D eigenvalue weighted by molar-refractivity contribution is -0.123. The van der Waals surface area contributed by atoms with Crippen LogP contribution in [0, 0.1) is 11.6 Å². The molecule has 0 saturated carbocycles. The van der Waals surface area contributed by atoms with E-state index in [0.717, 1.165) is 12.1 Å². The fourth-order valence-electron chi connectivity index (χ4n) is 1.61. The molecule has 116 valence electrons. The summed E-state index contributed by atoms with van der Waals surface area (Å²) >= 11 is 5.64. The van der Waals surface area contributed by atoms with Crippen molar-refractivity contribution >= 4 is 29.2 Å². The largest absolute Gasteiger partial charge is 0.448 e. The van der Waals surface area contributed by atoms with Crippen molar-refractivity contribution in [3.8, 4) is 0 Å². The van der Waals surface area contributed by atoms with Gasteiger partial charge in [0.2, 0.25) is 0 Å². The van der Waals surface area contributed by atoms with E-state index in [2.05, 4.69) is 4.98 Å². The molecule has 2 aromatic rings. The highest BCUT2D eigenvalue weighted by Gasteiger charge is 2.22. The molecule has 1 atom stereocenters. The van der Waals surface area contributed by atoms with Crippen molar-refractivity contribution in [2.24, 2.45) is 0 Å². The van der Waals surface area contributed by atoms with Crippen LogP contribution in [0.2, 0.25) is 5.02 Å². The van der Waals surface area contributed by atoms with Gasteiger partial charge >= 0.3 is 5.97 Å². The van der Waals surface area contributed by atoms with E-state index in [4.69, 9.17) is 16.3 Å². The smallest absolute Gasteiger partial charge is 0.355 e. The number of rotatable bonds is 4. The molecule has 2 N–H and O–H groups in total. The molecule has 0 aliphatic heterocycles. The number of benzene rings is 1. The van der Waals surface area contributed by atoms with E-state index in [1.807, 2.05) is 5.32 Å². The summed E-state index contributed by atoms with van der Waals surface area (Å²) in [4.78, 5) is 26.1. The van der Waals surface area contributed by atoms with E-state index in [1.54, 1.807) is 0 Å². The maximum atomic E-state index is 13.4. The van der Waals surface area contributed by atoms with Gasteiger partial charge in [-0.15, -0.1) is 0 Å². The zero-order valence-corrected chi connectivity index (χ0v) is 12.1. The zero-order valence-electron chi connectivity index (χ0n) is 11.3. The molecule has 22 heavy (non-hydrogen) atoms. The molecule has 1 heterocycles. The molecule has 1 unspecified atom stereocenters. The average molecular weight is 329 g/mol. The summed E-state index contributed by atoms with van der Waals surface area (Å²) in [5, 5.41) is 2.34. The highest BCUT2D eigenvalue weighted by Crippen LogP contribution is 2.18. The Bertz CT molecular complexity index is 698. The van der Waals surface area contributed by atoms with Crippen LogP contribution in [0.5, 0.6) is 0 Å². The molecule has 0 aliphatic rings. The van der Waals surface area contributed by atoms with Crippen LogP contribution in [-0.2, 0) is 9.53 Å². The van der Waals surface area contributed by atoms with Crippen LogP contribution in [0.15, 0.2) is 30.5 Å². The van der Waals surface area contributed by atoms with Gasteiger partial charge < -0.3 is 15.0 Å². The molecule has 0 radical (unpaired) electrons. The number of hydrogen-bond donors (Lipinski definition) is 2. The van der Waals surface area contributed by atoms with Crippen LogP contribution in [0.25, 0.3) is 0 Å². The van der Waals surface area contributed by atoms with E-state index >= 15 is 0 Å². The summed E-state index contributed by atoms with van der Waals surface area (Å²) < 4.78 is 31.7. The first-order chi connectivity index (χ1) is 10.4. The molecule has 1 aromatic carbocycles. The molecule has 0 fully saturated rings. The van der Waals surface area contributed by atoms with Crippen molar-refractivity contribution < 1.29 is 23.1 Å². The molecule has 5 nitrogen and oxygen atoms in total. The van der Waals surface area contributed by atoms with E-state index in [-0.39, 0.29) is 5.69 Å². The number of carbonyl (C=O) groups is 2. The van der Waals surface area contributed by atoms with Crippen LogP contribution in [0.3, 0.4) is 0 Å². The Morgan fingerprint density at radius 3 is 2.50 bits per heavy atom. The Labute approximate surface area is 129 Å². The SMILES string of the molecule is CC(OC(=O)c1cc(Cl)c[nH]1)C(=O)Nc1c(F)cccc1F. The van der Waals surface area contributed by atoms with Crippen LogP contribution in [-0.4, -0.2) is 23.0 Å². The Kier molecular flexibility index (Phi) is 4.77. The molecule has 0 saturated heterocycles. The number of esters is 1. The number of aromatic nitrogens is 1. The van der Waals surface area contributed by atoms with Crippen LogP contribution < -0.4 is 5.32 Å². The maximum absolute atomic E-state index is 13.4. The highest BCUT2D eigenvalue weighted by molar-refractivity contribution is 6.30. The number of ether oxygens (including phenoxy) is 1. The van der Waals surface area contributed by atoms with Gasteiger partial charge in [0, 0.05) is 6.20 Å². The zero-order chi connectivity index (χ0) is 16.3. The van der Waals surface area contributed by atoms with E-state index < -0.39 is 35.3 Å².